The third-order valence-electron chi connectivity index (χ3n) is 3.09. The third-order valence-corrected chi connectivity index (χ3v) is 3.09. The monoisotopic (exact) mass is 284 g/mol. The number of hydrogen-bond donors (Lipinski definition) is 1. The smallest absolute Gasteiger partial charge is 0.310 e. The maximum absolute atomic E-state index is 13.0. The largest absolute Gasteiger partial charge is 0.461 e. The number of carbonyl (C=O) groups excluding carboxylic acids is 1. The van der Waals surface area contributed by atoms with Gasteiger partial charge in [-0.3, -0.25) is 4.79 Å². The fourth-order valence-corrected chi connectivity index (χ4v) is 2.09. The summed E-state index contributed by atoms with van der Waals surface area (Å²) in [4.78, 5) is 19.0. The first-order valence-electron chi connectivity index (χ1n) is 6.53. The van der Waals surface area contributed by atoms with Crippen molar-refractivity contribution in [3.05, 3.63) is 65.7 Å². The number of aromatic nitrogens is 2. The van der Waals surface area contributed by atoms with Crippen molar-refractivity contribution in [3.63, 3.8) is 0 Å². The molecule has 3 rings (SSSR count). The highest BCUT2D eigenvalue weighted by Crippen LogP contribution is 2.12. The molecular weight excluding hydrogens is 271 g/mol. The maximum atomic E-state index is 13.0. The number of pyridine rings is 1. The van der Waals surface area contributed by atoms with Crippen LogP contribution in [-0.4, -0.2) is 15.9 Å². The van der Waals surface area contributed by atoms with Crippen LogP contribution in [0.25, 0.3) is 11.0 Å². The third kappa shape index (κ3) is 3.25. The Balaban J connectivity index is 1.60. The van der Waals surface area contributed by atoms with Crippen LogP contribution in [0.1, 0.15) is 11.1 Å². The lowest BCUT2D eigenvalue weighted by Gasteiger charge is -2.05. The summed E-state index contributed by atoms with van der Waals surface area (Å²) in [5.41, 5.74) is 2.20. The van der Waals surface area contributed by atoms with Crippen molar-refractivity contribution >= 4 is 17.0 Å². The zero-order valence-electron chi connectivity index (χ0n) is 11.2. The lowest BCUT2D eigenvalue weighted by Crippen LogP contribution is -2.08. The van der Waals surface area contributed by atoms with Gasteiger partial charge in [-0.2, -0.15) is 0 Å². The average molecular weight is 284 g/mol. The minimum Gasteiger partial charge on any atom is -0.461 e. The second-order valence-electron chi connectivity index (χ2n) is 4.73. The summed E-state index contributed by atoms with van der Waals surface area (Å²) in [7, 11) is 0. The number of nitrogens with zero attached hydrogens (tertiary/aromatic N) is 1. The molecule has 3 aromatic rings. The van der Waals surface area contributed by atoms with Gasteiger partial charge in [0.05, 0.1) is 6.42 Å². The molecular formula is C16H13FN2O2. The molecule has 0 fully saturated rings. The molecule has 5 heteroatoms. The van der Waals surface area contributed by atoms with E-state index in [0.717, 1.165) is 16.6 Å². The van der Waals surface area contributed by atoms with Crippen LogP contribution >= 0.6 is 0 Å². The van der Waals surface area contributed by atoms with E-state index in [0.29, 0.717) is 5.56 Å². The number of benzene rings is 1. The SMILES string of the molecule is O=C(Cc1cnc2[nH]ccc2c1)OCc1cccc(F)c1. The van der Waals surface area contributed by atoms with Crippen LogP contribution in [0, 0.1) is 5.82 Å². The van der Waals surface area contributed by atoms with Crippen molar-refractivity contribution in [2.45, 2.75) is 13.0 Å². The molecule has 1 N–H and O–H groups in total. The number of nitrogens with one attached hydrogen (secondary N) is 1. The number of ether oxygens (including phenoxy) is 1. The van der Waals surface area contributed by atoms with E-state index in [-0.39, 0.29) is 24.8 Å². The average Bonchev–Trinajstić information content (AvgIpc) is 2.93. The molecule has 0 saturated heterocycles. The highest BCUT2D eigenvalue weighted by molar-refractivity contribution is 5.78. The van der Waals surface area contributed by atoms with E-state index in [1.807, 2.05) is 12.1 Å². The Morgan fingerprint density at radius 1 is 1.24 bits per heavy atom. The molecule has 4 nitrogen and oxygen atoms in total. The highest BCUT2D eigenvalue weighted by atomic mass is 19.1. The molecule has 0 radical (unpaired) electrons. The molecule has 2 aromatic heterocycles. The standard InChI is InChI=1S/C16H13FN2O2/c17-14-3-1-2-11(7-14)10-21-15(20)8-12-6-13-4-5-18-16(13)19-9-12/h1-7,9H,8,10H2,(H,18,19). The molecule has 106 valence electrons. The van der Waals surface area contributed by atoms with Gasteiger partial charge in [-0.05, 0) is 35.4 Å². The second kappa shape index (κ2) is 5.75. The van der Waals surface area contributed by atoms with Crippen molar-refractivity contribution in [2.75, 3.05) is 0 Å². The number of hydrogen-bond acceptors (Lipinski definition) is 3. The summed E-state index contributed by atoms with van der Waals surface area (Å²) in [6, 6.07) is 9.78. The van der Waals surface area contributed by atoms with Crippen LogP contribution in [0.15, 0.2) is 48.8 Å². The van der Waals surface area contributed by atoms with Gasteiger partial charge < -0.3 is 9.72 Å². The van der Waals surface area contributed by atoms with E-state index < -0.39 is 0 Å². The number of H-pyrrole nitrogens is 1. The van der Waals surface area contributed by atoms with Gasteiger partial charge in [0.25, 0.3) is 0 Å². The molecule has 0 aliphatic rings. The number of carbonyl (C=O) groups is 1. The Morgan fingerprint density at radius 2 is 2.14 bits per heavy atom. The normalized spacial score (nSPS) is 10.7. The van der Waals surface area contributed by atoms with Gasteiger partial charge in [-0.1, -0.05) is 12.1 Å². The Labute approximate surface area is 120 Å². The number of halogens is 1. The van der Waals surface area contributed by atoms with E-state index in [1.165, 1.54) is 12.1 Å². The van der Waals surface area contributed by atoms with Crippen LogP contribution in [0.2, 0.25) is 0 Å². The molecule has 21 heavy (non-hydrogen) atoms. The van der Waals surface area contributed by atoms with Crippen LogP contribution in [-0.2, 0) is 22.6 Å². The molecule has 0 atom stereocenters. The fraction of sp³-hybridized carbons (Fsp3) is 0.125. The highest BCUT2D eigenvalue weighted by Gasteiger charge is 2.07. The van der Waals surface area contributed by atoms with Crippen LogP contribution in [0.3, 0.4) is 0 Å². The number of esters is 1. The molecule has 0 aliphatic carbocycles. The zero-order chi connectivity index (χ0) is 14.7. The maximum Gasteiger partial charge on any atom is 0.310 e. The van der Waals surface area contributed by atoms with Crippen molar-refractivity contribution < 1.29 is 13.9 Å². The van der Waals surface area contributed by atoms with Gasteiger partial charge >= 0.3 is 5.97 Å². The predicted molar refractivity (Wildman–Crippen MR) is 76.0 cm³/mol. The van der Waals surface area contributed by atoms with Crippen LogP contribution in [0.5, 0.6) is 0 Å². The van der Waals surface area contributed by atoms with Crippen LogP contribution in [0.4, 0.5) is 4.39 Å². The molecule has 2 heterocycles. The van der Waals surface area contributed by atoms with E-state index in [9.17, 15) is 9.18 Å². The molecule has 0 bridgehead atoms. The van der Waals surface area contributed by atoms with Crippen molar-refractivity contribution in [2.24, 2.45) is 0 Å². The summed E-state index contributed by atoms with van der Waals surface area (Å²) in [5, 5.41) is 0.949. The first-order valence-corrected chi connectivity index (χ1v) is 6.53. The summed E-state index contributed by atoms with van der Waals surface area (Å²) >= 11 is 0. The predicted octanol–water partition coefficient (Wildman–Crippen LogP) is 2.99. The first-order chi connectivity index (χ1) is 10.2. The summed E-state index contributed by atoms with van der Waals surface area (Å²) < 4.78 is 18.1. The second-order valence-corrected chi connectivity index (χ2v) is 4.73. The Kier molecular flexibility index (Phi) is 3.64. The quantitative estimate of drug-likeness (QED) is 0.749. The fourth-order valence-electron chi connectivity index (χ4n) is 2.09. The Hall–Kier alpha value is -2.69. The van der Waals surface area contributed by atoms with E-state index in [4.69, 9.17) is 4.74 Å². The number of aromatic amines is 1. The van der Waals surface area contributed by atoms with Crippen LogP contribution < -0.4 is 0 Å². The van der Waals surface area contributed by atoms with Crippen molar-refractivity contribution in [1.29, 1.82) is 0 Å². The lowest BCUT2D eigenvalue weighted by molar-refractivity contribution is -0.144. The summed E-state index contributed by atoms with van der Waals surface area (Å²) in [6.07, 6.45) is 3.58. The Bertz CT molecular complexity index is 783. The molecule has 0 spiro atoms. The zero-order valence-corrected chi connectivity index (χ0v) is 11.2. The van der Waals surface area contributed by atoms with E-state index in [1.54, 1.807) is 24.5 Å². The van der Waals surface area contributed by atoms with Crippen molar-refractivity contribution in [3.8, 4) is 0 Å². The molecule has 1 aromatic carbocycles. The number of rotatable bonds is 4. The molecule has 0 aliphatic heterocycles. The Morgan fingerprint density at radius 3 is 3.00 bits per heavy atom. The van der Waals surface area contributed by atoms with E-state index in [2.05, 4.69) is 9.97 Å². The molecule has 0 amide bonds. The van der Waals surface area contributed by atoms with Gasteiger partial charge in [0.15, 0.2) is 0 Å². The van der Waals surface area contributed by atoms with Crippen molar-refractivity contribution in [1.82, 2.24) is 9.97 Å². The van der Waals surface area contributed by atoms with Gasteiger partial charge in [0.1, 0.15) is 18.1 Å². The topological polar surface area (TPSA) is 55.0 Å². The van der Waals surface area contributed by atoms with Gasteiger partial charge in [-0.15, -0.1) is 0 Å². The van der Waals surface area contributed by atoms with Gasteiger partial charge in [0, 0.05) is 17.8 Å². The lowest BCUT2D eigenvalue weighted by atomic mass is 10.2. The number of fused-ring (bicyclic) bond motifs is 1. The minimum atomic E-state index is -0.365. The van der Waals surface area contributed by atoms with Gasteiger partial charge in [-0.25, -0.2) is 9.37 Å². The van der Waals surface area contributed by atoms with Gasteiger partial charge in [0.2, 0.25) is 0 Å². The van der Waals surface area contributed by atoms with E-state index >= 15 is 0 Å². The first kappa shape index (κ1) is 13.3. The minimum absolute atomic E-state index is 0.0659. The molecule has 0 saturated carbocycles. The summed E-state index contributed by atoms with van der Waals surface area (Å²) in [6.45, 7) is 0.0659. The molecule has 0 unspecified atom stereocenters. The summed E-state index contributed by atoms with van der Waals surface area (Å²) in [5.74, 6) is -0.707.